The van der Waals surface area contributed by atoms with Crippen LogP contribution >= 0.6 is 0 Å². The molecule has 2 atom stereocenters. The number of morpholine rings is 1. The fourth-order valence-electron chi connectivity index (χ4n) is 2.94. The second-order valence-electron chi connectivity index (χ2n) is 6.08. The number of nitrogens with one attached hydrogen (secondary N) is 1. The van der Waals surface area contributed by atoms with Crippen molar-refractivity contribution < 1.29 is 19.1 Å². The number of amides is 1. The molecule has 132 valence electrons. The van der Waals surface area contributed by atoms with E-state index in [0.29, 0.717) is 23.9 Å². The van der Waals surface area contributed by atoms with Gasteiger partial charge in [-0.15, -0.1) is 0 Å². The van der Waals surface area contributed by atoms with Crippen LogP contribution in [0.15, 0.2) is 29.1 Å². The van der Waals surface area contributed by atoms with Crippen LogP contribution in [0.1, 0.15) is 24.3 Å². The van der Waals surface area contributed by atoms with Gasteiger partial charge in [-0.25, -0.2) is 9.89 Å². The number of nitrogens with zero attached hydrogens (tertiary/aromatic N) is 2. The van der Waals surface area contributed by atoms with E-state index in [9.17, 15) is 14.4 Å². The average Bonchev–Trinajstić information content (AvgIpc) is 2.59. The molecule has 25 heavy (non-hydrogen) atoms. The fourth-order valence-corrected chi connectivity index (χ4v) is 2.94. The summed E-state index contributed by atoms with van der Waals surface area (Å²) < 4.78 is 10.7. The Morgan fingerprint density at radius 2 is 1.88 bits per heavy atom. The first kappa shape index (κ1) is 17.1. The zero-order chi connectivity index (χ0) is 18.0. The summed E-state index contributed by atoms with van der Waals surface area (Å²) in [6, 6.07) is 6.59. The van der Waals surface area contributed by atoms with Gasteiger partial charge in [0.15, 0.2) is 12.3 Å². The van der Waals surface area contributed by atoms with Gasteiger partial charge >= 0.3 is 5.97 Å². The molecule has 0 bridgehead atoms. The normalized spacial score (nSPS) is 20.5. The van der Waals surface area contributed by atoms with Crippen LogP contribution in [0, 0.1) is 0 Å². The summed E-state index contributed by atoms with van der Waals surface area (Å²) in [5, 5.41) is 6.76. The van der Waals surface area contributed by atoms with Crippen molar-refractivity contribution in [2.75, 3.05) is 19.7 Å². The van der Waals surface area contributed by atoms with Crippen LogP contribution in [0.25, 0.3) is 10.8 Å². The van der Waals surface area contributed by atoms with Crippen LogP contribution in [0.2, 0.25) is 0 Å². The largest absolute Gasteiger partial charge is 0.451 e. The van der Waals surface area contributed by atoms with Crippen LogP contribution in [0.3, 0.4) is 0 Å². The van der Waals surface area contributed by atoms with Gasteiger partial charge in [0.25, 0.3) is 11.5 Å². The summed E-state index contributed by atoms with van der Waals surface area (Å²) in [4.78, 5) is 37.9. The maximum Gasteiger partial charge on any atom is 0.359 e. The standard InChI is InChI=1S/C17H19N3O5/c1-10-7-20(8-11(2)25-10)14(21)9-24-17(23)15-12-5-3-4-6-13(12)16(22)19-18-15/h3-6,10-11H,7-9H2,1-2H3,(H,19,22)/t10-,11-/m0/s1. The smallest absolute Gasteiger partial charge is 0.359 e. The number of carbonyl (C=O) groups excluding carboxylic acids is 2. The number of fused-ring (bicyclic) bond motifs is 1. The third-order valence-corrected chi connectivity index (χ3v) is 3.99. The van der Waals surface area contributed by atoms with Crippen LogP contribution in [0.4, 0.5) is 0 Å². The predicted octanol–water partition coefficient (Wildman–Crippen LogP) is 0.716. The Hall–Kier alpha value is -2.74. The Morgan fingerprint density at radius 1 is 1.24 bits per heavy atom. The summed E-state index contributed by atoms with van der Waals surface area (Å²) in [6.45, 7) is 4.31. The van der Waals surface area contributed by atoms with Crippen molar-refractivity contribution in [1.29, 1.82) is 0 Å². The minimum atomic E-state index is -0.754. The van der Waals surface area contributed by atoms with Crippen molar-refractivity contribution in [2.45, 2.75) is 26.1 Å². The Balaban J connectivity index is 1.70. The van der Waals surface area contributed by atoms with Crippen LogP contribution in [0.5, 0.6) is 0 Å². The molecular weight excluding hydrogens is 326 g/mol. The Morgan fingerprint density at radius 3 is 2.56 bits per heavy atom. The van der Waals surface area contributed by atoms with Gasteiger partial charge < -0.3 is 14.4 Å². The number of ether oxygens (including phenoxy) is 2. The molecule has 0 aliphatic carbocycles. The zero-order valence-electron chi connectivity index (χ0n) is 14.0. The highest BCUT2D eigenvalue weighted by atomic mass is 16.5. The third kappa shape index (κ3) is 3.69. The molecule has 0 saturated carbocycles. The summed E-state index contributed by atoms with van der Waals surface area (Å²) in [5.74, 6) is -1.04. The number of hydrogen-bond acceptors (Lipinski definition) is 6. The van der Waals surface area contributed by atoms with Crippen LogP contribution < -0.4 is 5.56 Å². The molecule has 3 rings (SSSR count). The molecule has 8 heteroatoms. The molecule has 1 amide bonds. The van der Waals surface area contributed by atoms with E-state index < -0.39 is 5.97 Å². The first-order chi connectivity index (χ1) is 12.0. The topological polar surface area (TPSA) is 102 Å². The summed E-state index contributed by atoms with van der Waals surface area (Å²) in [6.07, 6.45) is -0.124. The fraction of sp³-hybridized carbons (Fsp3) is 0.412. The SMILES string of the molecule is C[C@H]1CN(C(=O)COC(=O)c2n[nH]c(=O)c3ccccc23)C[C@H](C)O1. The van der Waals surface area contributed by atoms with E-state index in [1.807, 2.05) is 13.8 Å². The van der Waals surface area contributed by atoms with Crippen molar-refractivity contribution in [3.8, 4) is 0 Å². The molecule has 1 aliphatic rings. The van der Waals surface area contributed by atoms with Crippen molar-refractivity contribution in [3.05, 3.63) is 40.3 Å². The lowest BCUT2D eigenvalue weighted by molar-refractivity contribution is -0.146. The minimum absolute atomic E-state index is 0.0216. The van der Waals surface area contributed by atoms with Gasteiger partial charge in [0.05, 0.1) is 17.6 Å². The number of rotatable bonds is 3. The van der Waals surface area contributed by atoms with Crippen molar-refractivity contribution >= 4 is 22.6 Å². The molecule has 0 unspecified atom stereocenters. The van der Waals surface area contributed by atoms with Crippen LogP contribution in [-0.4, -0.2) is 58.9 Å². The summed E-state index contributed by atoms with van der Waals surface area (Å²) in [5.41, 5.74) is -0.411. The highest BCUT2D eigenvalue weighted by Gasteiger charge is 2.27. The molecule has 1 aromatic carbocycles. The van der Waals surface area contributed by atoms with Crippen LogP contribution in [-0.2, 0) is 14.3 Å². The molecule has 8 nitrogen and oxygen atoms in total. The Bertz CT molecular complexity index is 853. The van der Waals surface area contributed by atoms with Gasteiger partial charge in [-0.1, -0.05) is 18.2 Å². The number of H-pyrrole nitrogens is 1. The maximum absolute atomic E-state index is 12.3. The number of hydrogen-bond donors (Lipinski definition) is 1. The predicted molar refractivity (Wildman–Crippen MR) is 89.2 cm³/mol. The molecule has 1 N–H and O–H groups in total. The third-order valence-electron chi connectivity index (χ3n) is 3.99. The minimum Gasteiger partial charge on any atom is -0.451 e. The lowest BCUT2D eigenvalue weighted by atomic mass is 10.1. The lowest BCUT2D eigenvalue weighted by Crippen LogP contribution is -2.49. The first-order valence-corrected chi connectivity index (χ1v) is 8.03. The molecule has 1 fully saturated rings. The van der Waals surface area contributed by atoms with Crippen molar-refractivity contribution in [3.63, 3.8) is 0 Å². The monoisotopic (exact) mass is 345 g/mol. The van der Waals surface area contributed by atoms with Gasteiger partial charge in [0, 0.05) is 18.5 Å². The molecule has 1 aliphatic heterocycles. The molecular formula is C17H19N3O5. The van der Waals surface area contributed by atoms with E-state index in [1.165, 1.54) is 0 Å². The van der Waals surface area contributed by atoms with Crippen molar-refractivity contribution in [2.24, 2.45) is 0 Å². The highest BCUT2D eigenvalue weighted by Crippen LogP contribution is 2.14. The average molecular weight is 345 g/mol. The summed E-state index contributed by atoms with van der Waals surface area (Å²) >= 11 is 0. The lowest BCUT2D eigenvalue weighted by Gasteiger charge is -2.35. The second-order valence-corrected chi connectivity index (χ2v) is 6.08. The van der Waals surface area contributed by atoms with Crippen molar-refractivity contribution in [1.82, 2.24) is 15.1 Å². The quantitative estimate of drug-likeness (QED) is 0.823. The van der Waals surface area contributed by atoms with Gasteiger partial charge in [0.2, 0.25) is 0 Å². The van der Waals surface area contributed by atoms with Gasteiger partial charge in [-0.3, -0.25) is 9.59 Å². The molecule has 0 spiro atoms. The van der Waals surface area contributed by atoms with E-state index in [1.54, 1.807) is 29.2 Å². The Labute approximate surface area is 143 Å². The van der Waals surface area contributed by atoms with E-state index in [-0.39, 0.29) is 36.0 Å². The first-order valence-electron chi connectivity index (χ1n) is 8.03. The van der Waals surface area contributed by atoms with E-state index in [4.69, 9.17) is 9.47 Å². The Kier molecular flexibility index (Phi) is 4.80. The van der Waals surface area contributed by atoms with Gasteiger partial charge in [0.1, 0.15) is 0 Å². The number of aromatic nitrogens is 2. The molecule has 0 radical (unpaired) electrons. The number of benzene rings is 1. The van der Waals surface area contributed by atoms with E-state index in [2.05, 4.69) is 10.2 Å². The number of esters is 1. The van der Waals surface area contributed by atoms with E-state index >= 15 is 0 Å². The number of aromatic amines is 1. The maximum atomic E-state index is 12.3. The highest BCUT2D eigenvalue weighted by molar-refractivity contribution is 6.02. The zero-order valence-corrected chi connectivity index (χ0v) is 14.0. The molecule has 2 aromatic rings. The van der Waals surface area contributed by atoms with Gasteiger partial charge in [-0.2, -0.15) is 5.10 Å². The van der Waals surface area contributed by atoms with E-state index in [0.717, 1.165) is 0 Å². The molecule has 2 heterocycles. The van der Waals surface area contributed by atoms with Gasteiger partial charge in [-0.05, 0) is 19.9 Å². The molecule has 1 saturated heterocycles. The second kappa shape index (κ2) is 7.02. The summed E-state index contributed by atoms with van der Waals surface area (Å²) in [7, 11) is 0. The molecule has 1 aromatic heterocycles. The number of carbonyl (C=O) groups is 2.